The summed E-state index contributed by atoms with van der Waals surface area (Å²) in [6, 6.07) is 11.5. The van der Waals surface area contributed by atoms with Crippen molar-refractivity contribution in [1.29, 1.82) is 0 Å². The van der Waals surface area contributed by atoms with E-state index in [0.29, 0.717) is 37.5 Å². The highest BCUT2D eigenvalue weighted by Gasteiger charge is 2.33. The number of anilines is 2. The Morgan fingerprint density at radius 1 is 1.00 bits per heavy atom. The minimum absolute atomic E-state index is 0. The molecule has 0 saturated carbocycles. The van der Waals surface area contributed by atoms with Crippen LogP contribution in [0.4, 0.5) is 29.3 Å². The second-order valence-electron chi connectivity index (χ2n) is 11.7. The standard InChI is InChI=1S/C29H40F3N5O.CH4/c1-28(2,3)22-5-7-25(8-6-22)36-15-10-21(11-16-36)20-35(4)27(38)37-17-12-23(13-18-37)34-24-9-14-33-26(19-24)29(30,31)32;/h5-9,14,19,21,23H,10-13,15-18,20H2,1-4H3,(H,33,34);1H4. The predicted octanol–water partition coefficient (Wildman–Crippen LogP) is 6.88. The van der Waals surface area contributed by atoms with Crippen molar-refractivity contribution in [2.75, 3.05) is 50.0 Å². The van der Waals surface area contributed by atoms with Crippen LogP contribution < -0.4 is 10.2 Å². The third-order valence-corrected chi connectivity index (χ3v) is 7.76. The fourth-order valence-electron chi connectivity index (χ4n) is 5.38. The number of halogens is 3. The lowest BCUT2D eigenvalue weighted by molar-refractivity contribution is -0.141. The molecular weight excluding hydrogens is 503 g/mol. The molecule has 2 saturated heterocycles. The number of nitrogens with one attached hydrogen (secondary N) is 1. The SMILES string of the molecule is C.CN(CC1CCN(c2ccc(C(C)(C)C)cc2)CC1)C(=O)N1CCC(Nc2ccnc(C(F)(F)F)c2)CC1. The van der Waals surface area contributed by atoms with Gasteiger partial charge in [-0.2, -0.15) is 13.2 Å². The van der Waals surface area contributed by atoms with Crippen molar-refractivity contribution < 1.29 is 18.0 Å². The number of aromatic nitrogens is 1. The lowest BCUT2D eigenvalue weighted by atomic mass is 9.87. The van der Waals surface area contributed by atoms with Crippen LogP contribution in [0.15, 0.2) is 42.6 Å². The Hall–Kier alpha value is -2.97. The molecule has 2 aromatic rings. The quantitative estimate of drug-likeness (QED) is 0.444. The Balaban J connectivity index is 0.00000420. The van der Waals surface area contributed by atoms with Crippen LogP contribution in [0.2, 0.25) is 0 Å². The summed E-state index contributed by atoms with van der Waals surface area (Å²) in [7, 11) is 1.87. The molecule has 1 aromatic heterocycles. The molecular formula is C30H44F3N5O. The van der Waals surface area contributed by atoms with Gasteiger partial charge in [0, 0.05) is 63.4 Å². The molecule has 3 heterocycles. The average Bonchev–Trinajstić information content (AvgIpc) is 2.88. The Bertz CT molecular complexity index is 1070. The molecule has 4 rings (SSSR count). The predicted molar refractivity (Wildman–Crippen MR) is 152 cm³/mol. The van der Waals surface area contributed by atoms with Gasteiger partial charge < -0.3 is 20.0 Å². The van der Waals surface area contributed by atoms with E-state index in [1.165, 1.54) is 17.4 Å². The van der Waals surface area contributed by atoms with E-state index in [0.717, 1.165) is 38.5 Å². The fourth-order valence-corrected chi connectivity index (χ4v) is 5.38. The number of urea groups is 1. The zero-order valence-corrected chi connectivity index (χ0v) is 22.9. The van der Waals surface area contributed by atoms with Crippen LogP contribution in [-0.2, 0) is 11.6 Å². The van der Waals surface area contributed by atoms with Crippen LogP contribution in [0.1, 0.15) is 65.1 Å². The first kappa shape index (κ1) is 30.6. The molecule has 2 aliphatic rings. The van der Waals surface area contributed by atoms with Gasteiger partial charge in [-0.3, -0.25) is 4.98 Å². The van der Waals surface area contributed by atoms with Gasteiger partial charge >= 0.3 is 12.2 Å². The Morgan fingerprint density at radius 3 is 2.18 bits per heavy atom. The van der Waals surface area contributed by atoms with Gasteiger partial charge in [-0.05, 0) is 66.8 Å². The van der Waals surface area contributed by atoms with Crippen LogP contribution in [0.25, 0.3) is 0 Å². The smallest absolute Gasteiger partial charge is 0.382 e. The van der Waals surface area contributed by atoms with E-state index in [9.17, 15) is 18.0 Å². The monoisotopic (exact) mass is 547 g/mol. The Morgan fingerprint density at radius 2 is 1.62 bits per heavy atom. The second kappa shape index (κ2) is 12.5. The van der Waals surface area contributed by atoms with E-state index in [1.54, 1.807) is 6.07 Å². The number of piperidine rings is 2. The number of amides is 2. The number of benzene rings is 1. The van der Waals surface area contributed by atoms with Gasteiger partial charge in [0.25, 0.3) is 0 Å². The fraction of sp³-hybridized carbons (Fsp3) is 0.600. The number of carbonyl (C=O) groups is 1. The van der Waals surface area contributed by atoms with Crippen LogP contribution in [-0.4, -0.2) is 66.6 Å². The molecule has 1 N–H and O–H groups in total. The van der Waals surface area contributed by atoms with Crippen molar-refractivity contribution in [3.8, 4) is 0 Å². The first-order valence-corrected chi connectivity index (χ1v) is 13.6. The molecule has 2 fully saturated rings. The van der Waals surface area contributed by atoms with Crippen LogP contribution in [0.5, 0.6) is 0 Å². The summed E-state index contributed by atoms with van der Waals surface area (Å²) in [6.07, 6.45) is 0.191. The highest BCUT2D eigenvalue weighted by molar-refractivity contribution is 5.74. The molecule has 2 aliphatic heterocycles. The van der Waals surface area contributed by atoms with Crippen LogP contribution >= 0.6 is 0 Å². The van der Waals surface area contributed by atoms with Crippen molar-refractivity contribution in [1.82, 2.24) is 14.8 Å². The average molecular weight is 548 g/mol. The number of hydrogen-bond acceptors (Lipinski definition) is 4. The zero-order chi connectivity index (χ0) is 27.5. The normalized spacial score (nSPS) is 17.5. The molecule has 1 aromatic carbocycles. The number of alkyl halides is 3. The van der Waals surface area contributed by atoms with E-state index in [-0.39, 0.29) is 24.9 Å². The van der Waals surface area contributed by atoms with E-state index >= 15 is 0 Å². The van der Waals surface area contributed by atoms with Crippen molar-refractivity contribution in [3.63, 3.8) is 0 Å². The van der Waals surface area contributed by atoms with Crippen molar-refractivity contribution >= 4 is 17.4 Å². The molecule has 0 unspecified atom stereocenters. The van der Waals surface area contributed by atoms with Crippen LogP contribution in [0, 0.1) is 5.92 Å². The molecule has 6 nitrogen and oxygen atoms in total. The highest BCUT2D eigenvalue weighted by atomic mass is 19.4. The van der Waals surface area contributed by atoms with E-state index in [2.05, 4.69) is 60.2 Å². The first-order valence-electron chi connectivity index (χ1n) is 13.6. The van der Waals surface area contributed by atoms with Gasteiger partial charge in [0.15, 0.2) is 0 Å². The molecule has 0 aliphatic carbocycles. The number of carbonyl (C=O) groups excluding carboxylic acids is 1. The molecule has 216 valence electrons. The van der Waals surface area contributed by atoms with Crippen LogP contribution in [0.3, 0.4) is 0 Å². The van der Waals surface area contributed by atoms with Gasteiger partial charge in [0.2, 0.25) is 0 Å². The van der Waals surface area contributed by atoms with Crippen molar-refractivity contribution in [2.24, 2.45) is 5.92 Å². The van der Waals surface area contributed by atoms with Gasteiger partial charge in [0.1, 0.15) is 5.69 Å². The van der Waals surface area contributed by atoms with E-state index < -0.39 is 11.9 Å². The zero-order valence-electron chi connectivity index (χ0n) is 22.9. The summed E-state index contributed by atoms with van der Waals surface area (Å²) in [5.74, 6) is 0.475. The Kier molecular flexibility index (Phi) is 9.78. The maximum Gasteiger partial charge on any atom is 0.433 e. The molecule has 0 radical (unpaired) electrons. The lowest BCUT2D eigenvalue weighted by Gasteiger charge is -2.38. The van der Waals surface area contributed by atoms with Gasteiger partial charge in [-0.15, -0.1) is 0 Å². The molecule has 39 heavy (non-hydrogen) atoms. The number of likely N-dealkylation sites (tertiary alicyclic amines) is 1. The third-order valence-electron chi connectivity index (χ3n) is 7.76. The summed E-state index contributed by atoms with van der Waals surface area (Å²) >= 11 is 0. The summed E-state index contributed by atoms with van der Waals surface area (Å²) in [5, 5.41) is 3.18. The molecule has 0 spiro atoms. The number of pyridine rings is 1. The Labute approximate surface area is 231 Å². The maximum atomic E-state index is 13.1. The summed E-state index contributed by atoms with van der Waals surface area (Å²) in [6.45, 7) is 10.6. The number of nitrogens with zero attached hydrogens (tertiary/aromatic N) is 4. The topological polar surface area (TPSA) is 51.7 Å². The maximum absolute atomic E-state index is 13.1. The van der Waals surface area contributed by atoms with Gasteiger partial charge in [-0.1, -0.05) is 40.3 Å². The van der Waals surface area contributed by atoms with Gasteiger partial charge in [-0.25, -0.2) is 4.79 Å². The summed E-state index contributed by atoms with van der Waals surface area (Å²) in [4.78, 5) is 22.6. The largest absolute Gasteiger partial charge is 0.433 e. The third kappa shape index (κ3) is 8.02. The number of rotatable bonds is 5. The van der Waals surface area contributed by atoms with Crippen molar-refractivity contribution in [2.45, 2.75) is 71.5 Å². The highest BCUT2D eigenvalue weighted by Crippen LogP contribution is 2.30. The molecule has 0 bridgehead atoms. The van der Waals surface area contributed by atoms with E-state index in [1.807, 2.05) is 16.8 Å². The van der Waals surface area contributed by atoms with Crippen molar-refractivity contribution in [3.05, 3.63) is 53.9 Å². The lowest BCUT2D eigenvalue weighted by Crippen LogP contribution is -2.49. The minimum atomic E-state index is -4.47. The first-order chi connectivity index (χ1) is 17.9. The summed E-state index contributed by atoms with van der Waals surface area (Å²) < 4.78 is 38.8. The minimum Gasteiger partial charge on any atom is -0.382 e. The molecule has 0 atom stereocenters. The van der Waals surface area contributed by atoms with E-state index in [4.69, 9.17) is 0 Å². The summed E-state index contributed by atoms with van der Waals surface area (Å²) in [5.41, 5.74) is 2.25. The second-order valence-corrected chi connectivity index (χ2v) is 11.7. The van der Waals surface area contributed by atoms with Gasteiger partial charge in [0.05, 0.1) is 0 Å². The molecule has 2 amide bonds. The number of hydrogen-bond donors (Lipinski definition) is 1. The molecule has 9 heteroatoms.